The molecule has 7 heteroatoms. The van der Waals surface area contributed by atoms with Crippen LogP contribution in [-0.2, 0) is 13.7 Å². The van der Waals surface area contributed by atoms with E-state index in [9.17, 15) is 0 Å². The minimum Gasteiger partial charge on any atom is -0.458 e. The second-order valence-electron chi connectivity index (χ2n) is 2.66. The van der Waals surface area contributed by atoms with Gasteiger partial charge in [-0.15, -0.1) is 0 Å². The Balaban J connectivity index is 2.14. The summed E-state index contributed by atoms with van der Waals surface area (Å²) in [5.74, 6) is 0. The average molecular weight is 238 g/mol. The van der Waals surface area contributed by atoms with Gasteiger partial charge in [-0.25, -0.2) is 0 Å². The smallest absolute Gasteiger partial charge is 0.458 e. The van der Waals surface area contributed by atoms with E-state index in [2.05, 4.69) is 15.9 Å². The molecule has 1 saturated heterocycles. The van der Waals surface area contributed by atoms with Crippen LogP contribution in [0.15, 0.2) is 28.7 Å². The van der Waals surface area contributed by atoms with E-state index in [0.29, 0.717) is 0 Å². The van der Waals surface area contributed by atoms with E-state index in [1.807, 2.05) is 24.3 Å². The fourth-order valence-electron chi connectivity index (χ4n) is 1.15. The lowest BCUT2D eigenvalue weighted by Crippen LogP contribution is -2.44. The molecule has 64 valence electrons. The van der Waals surface area contributed by atoms with Gasteiger partial charge in [0.25, 0.3) is 0 Å². The zero-order valence-corrected chi connectivity index (χ0v) is 8.49. The fraction of sp³-hybridized carbons (Fsp3) is 0. The summed E-state index contributed by atoms with van der Waals surface area (Å²) in [4.78, 5) is 0. The van der Waals surface area contributed by atoms with Crippen LogP contribution in [0.4, 0.5) is 0 Å². The molecule has 1 aromatic carbocycles. The van der Waals surface area contributed by atoms with E-state index in [1.54, 1.807) is 0 Å². The topological polar surface area (TPSA) is 27.7 Å². The summed E-state index contributed by atoms with van der Waals surface area (Å²) < 4.78 is 16.4. The molecule has 0 aliphatic carbocycles. The molecular weight excluding hydrogens is 232 g/mol. The first kappa shape index (κ1) is 9.33. The van der Waals surface area contributed by atoms with Gasteiger partial charge < -0.3 is 13.7 Å². The van der Waals surface area contributed by atoms with Crippen LogP contribution in [0.5, 0.6) is 0 Å². The van der Waals surface area contributed by atoms with Gasteiger partial charge in [0.1, 0.15) is 0 Å². The lowest BCUT2D eigenvalue weighted by atomic mass is 9.75. The highest BCUT2D eigenvalue weighted by atomic mass is 79.9. The van der Waals surface area contributed by atoms with Gasteiger partial charge in [-0.1, -0.05) is 28.1 Å². The molecule has 0 amide bonds. The predicted molar refractivity (Wildman–Crippen MR) is 57.1 cm³/mol. The van der Waals surface area contributed by atoms with Gasteiger partial charge in [-0.2, -0.15) is 0 Å². The van der Waals surface area contributed by atoms with E-state index < -0.39 is 0 Å². The molecule has 0 aromatic heterocycles. The van der Waals surface area contributed by atoms with Crippen LogP contribution in [0.25, 0.3) is 0 Å². The molecule has 0 atom stereocenters. The number of halogens is 1. The number of rotatable bonds is 1. The Labute approximate surface area is 86.6 Å². The van der Waals surface area contributed by atoms with Gasteiger partial charge >= 0.3 is 22.5 Å². The van der Waals surface area contributed by atoms with Crippen molar-refractivity contribution in [3.05, 3.63) is 28.7 Å². The lowest BCUT2D eigenvalue weighted by Gasteiger charge is -2.19. The van der Waals surface area contributed by atoms with Crippen LogP contribution in [0.1, 0.15) is 0 Å². The Morgan fingerprint density at radius 2 is 2.00 bits per heavy atom. The number of benzene rings is 1. The molecule has 0 radical (unpaired) electrons. The van der Waals surface area contributed by atoms with Crippen LogP contribution in [-0.4, -0.2) is 22.5 Å². The molecule has 0 saturated carbocycles. The normalized spacial score (nSPS) is 16.2. The molecule has 2 rings (SSSR count). The van der Waals surface area contributed by atoms with Gasteiger partial charge in [-0.3, -0.25) is 0 Å². The third kappa shape index (κ3) is 2.37. The Bertz CT molecular complexity index is 292. The van der Waals surface area contributed by atoms with Gasteiger partial charge in [0.15, 0.2) is 0 Å². The molecular formula is C6H6B3BrO3. The van der Waals surface area contributed by atoms with Crippen molar-refractivity contribution in [2.75, 3.05) is 0 Å². The maximum absolute atomic E-state index is 5.25. The summed E-state index contributed by atoms with van der Waals surface area (Å²) in [6.07, 6.45) is 0. The summed E-state index contributed by atoms with van der Waals surface area (Å²) in [5, 5.41) is 0. The highest BCUT2D eigenvalue weighted by Crippen LogP contribution is 2.07. The van der Waals surface area contributed by atoms with Crippen molar-refractivity contribution in [1.29, 1.82) is 0 Å². The largest absolute Gasteiger partial charge is 0.466 e. The van der Waals surface area contributed by atoms with Gasteiger partial charge in [0, 0.05) is 4.47 Å². The quantitative estimate of drug-likeness (QED) is 0.631. The second kappa shape index (κ2) is 4.33. The standard InChI is InChI=1S/C6H6B3BrO3/c10-6-3-1-2-5(4-6)9-12-7-11-8-13-9/h1-4,7-8H. The first-order chi connectivity index (χ1) is 6.36. The van der Waals surface area contributed by atoms with Crippen molar-refractivity contribution < 1.29 is 13.7 Å². The van der Waals surface area contributed by atoms with Crippen LogP contribution in [0.3, 0.4) is 0 Å². The van der Waals surface area contributed by atoms with E-state index in [4.69, 9.17) is 13.7 Å². The Hall–Kier alpha value is -0.225. The Kier molecular flexibility index (Phi) is 3.11. The van der Waals surface area contributed by atoms with E-state index in [-0.39, 0.29) is 22.5 Å². The average Bonchev–Trinajstić information content (AvgIpc) is 2.19. The highest BCUT2D eigenvalue weighted by molar-refractivity contribution is 9.10. The first-order valence-electron chi connectivity index (χ1n) is 3.93. The zero-order valence-electron chi connectivity index (χ0n) is 6.90. The summed E-state index contributed by atoms with van der Waals surface area (Å²) >= 11 is 3.39. The van der Waals surface area contributed by atoms with Crippen molar-refractivity contribution in [1.82, 2.24) is 0 Å². The van der Waals surface area contributed by atoms with Crippen molar-refractivity contribution in [2.24, 2.45) is 0 Å². The Morgan fingerprint density at radius 1 is 1.23 bits per heavy atom. The maximum Gasteiger partial charge on any atom is 0.466 e. The van der Waals surface area contributed by atoms with E-state index in [0.717, 1.165) is 9.94 Å². The Morgan fingerprint density at radius 3 is 2.69 bits per heavy atom. The molecule has 0 spiro atoms. The van der Waals surface area contributed by atoms with Crippen molar-refractivity contribution >= 4 is 43.9 Å². The molecule has 0 bridgehead atoms. The van der Waals surface area contributed by atoms with Gasteiger partial charge in [0.2, 0.25) is 0 Å². The summed E-state index contributed by atoms with van der Waals surface area (Å²) in [7, 11) is 0.278. The van der Waals surface area contributed by atoms with Gasteiger partial charge in [0.05, 0.1) is 0 Å². The molecule has 0 N–H and O–H groups in total. The molecule has 1 heterocycles. The van der Waals surface area contributed by atoms with Gasteiger partial charge in [-0.05, 0) is 17.6 Å². The monoisotopic (exact) mass is 238 g/mol. The molecule has 1 aliphatic heterocycles. The molecule has 1 fully saturated rings. The van der Waals surface area contributed by atoms with Crippen LogP contribution in [0, 0.1) is 0 Å². The SMILES string of the molecule is Brc1cccc(B2OBOBO2)c1. The summed E-state index contributed by atoms with van der Waals surface area (Å²) in [5.41, 5.74) is 0.998. The lowest BCUT2D eigenvalue weighted by molar-refractivity contribution is 0.334. The minimum absolute atomic E-state index is 0.289. The van der Waals surface area contributed by atoms with Crippen molar-refractivity contribution in [3.63, 3.8) is 0 Å². The van der Waals surface area contributed by atoms with Crippen LogP contribution < -0.4 is 5.46 Å². The fourth-order valence-corrected chi connectivity index (χ4v) is 1.56. The molecule has 13 heavy (non-hydrogen) atoms. The van der Waals surface area contributed by atoms with Crippen molar-refractivity contribution in [3.8, 4) is 0 Å². The first-order valence-corrected chi connectivity index (χ1v) is 4.72. The number of hydrogen-bond acceptors (Lipinski definition) is 3. The third-order valence-corrected chi connectivity index (χ3v) is 2.22. The number of hydrogen-bond donors (Lipinski definition) is 0. The van der Waals surface area contributed by atoms with Crippen molar-refractivity contribution in [2.45, 2.75) is 0 Å². The van der Waals surface area contributed by atoms with Crippen LogP contribution >= 0.6 is 15.9 Å². The van der Waals surface area contributed by atoms with E-state index >= 15 is 0 Å². The maximum atomic E-state index is 5.25. The predicted octanol–water partition coefficient (Wildman–Crippen LogP) is -0.259. The minimum atomic E-state index is -0.300. The zero-order chi connectivity index (χ0) is 9.10. The summed E-state index contributed by atoms with van der Waals surface area (Å²) in [6.45, 7) is 0. The van der Waals surface area contributed by atoms with Crippen LogP contribution in [0.2, 0.25) is 0 Å². The molecule has 3 nitrogen and oxygen atoms in total. The highest BCUT2D eigenvalue weighted by Gasteiger charge is 2.25. The van der Waals surface area contributed by atoms with E-state index in [1.165, 1.54) is 0 Å². The molecule has 0 unspecified atom stereocenters. The summed E-state index contributed by atoms with van der Waals surface area (Å²) in [6, 6.07) is 7.83. The second-order valence-corrected chi connectivity index (χ2v) is 3.58. The third-order valence-electron chi connectivity index (χ3n) is 1.73. The molecule has 1 aromatic rings. The molecule has 1 aliphatic rings.